The highest BCUT2D eigenvalue weighted by Crippen LogP contribution is 2.34. The molecule has 1 aliphatic carbocycles. The Hall–Kier alpha value is -2.08. The molecule has 6 heteroatoms. The Bertz CT molecular complexity index is 663. The Morgan fingerprint density at radius 3 is 2.57 bits per heavy atom. The zero-order valence-electron chi connectivity index (χ0n) is 13.7. The highest BCUT2D eigenvalue weighted by atomic mass is 16.5. The zero-order chi connectivity index (χ0) is 16.3. The van der Waals surface area contributed by atoms with E-state index in [2.05, 4.69) is 10.1 Å². The minimum Gasteiger partial charge on any atom is -0.493 e. The molecule has 1 aromatic heterocycles. The molecule has 1 saturated carbocycles. The molecule has 1 heterocycles. The monoisotopic (exact) mass is 317 g/mol. The van der Waals surface area contributed by atoms with Crippen LogP contribution >= 0.6 is 0 Å². The molecule has 0 bridgehead atoms. The van der Waals surface area contributed by atoms with Gasteiger partial charge in [-0.05, 0) is 30.5 Å². The minimum atomic E-state index is -0.457. The van der Waals surface area contributed by atoms with Gasteiger partial charge in [-0.2, -0.15) is 4.98 Å². The van der Waals surface area contributed by atoms with Crippen LogP contribution in [0.3, 0.4) is 0 Å². The summed E-state index contributed by atoms with van der Waals surface area (Å²) in [6, 6.07) is 5.77. The van der Waals surface area contributed by atoms with E-state index in [9.17, 15) is 0 Å². The lowest BCUT2D eigenvalue weighted by Gasteiger charge is -2.29. The van der Waals surface area contributed by atoms with Crippen molar-refractivity contribution in [3.8, 4) is 11.5 Å². The van der Waals surface area contributed by atoms with Gasteiger partial charge < -0.3 is 19.7 Å². The standard InChI is InChI=1S/C17H23N3O3/c1-21-13-7-6-12(10-14(13)22-2)11-15-19-16(23-20-15)17(18)8-4-3-5-9-17/h6-7,10H,3-5,8-9,11,18H2,1-2H3. The van der Waals surface area contributed by atoms with Crippen LogP contribution in [0.15, 0.2) is 22.7 Å². The summed E-state index contributed by atoms with van der Waals surface area (Å²) in [6.07, 6.45) is 5.84. The molecule has 1 aliphatic rings. The van der Waals surface area contributed by atoms with Crippen molar-refractivity contribution in [1.29, 1.82) is 0 Å². The molecule has 0 atom stereocenters. The van der Waals surface area contributed by atoms with E-state index in [1.807, 2.05) is 18.2 Å². The fraction of sp³-hybridized carbons (Fsp3) is 0.529. The lowest BCUT2D eigenvalue weighted by molar-refractivity contribution is 0.219. The maximum absolute atomic E-state index is 6.44. The molecule has 3 rings (SSSR count). The van der Waals surface area contributed by atoms with Gasteiger partial charge in [0.15, 0.2) is 17.3 Å². The smallest absolute Gasteiger partial charge is 0.246 e. The van der Waals surface area contributed by atoms with Crippen molar-refractivity contribution in [2.24, 2.45) is 5.73 Å². The number of methoxy groups -OCH3 is 2. The molecule has 6 nitrogen and oxygen atoms in total. The van der Waals surface area contributed by atoms with Crippen LogP contribution in [0.4, 0.5) is 0 Å². The van der Waals surface area contributed by atoms with Gasteiger partial charge in [-0.25, -0.2) is 0 Å². The third-order valence-corrected chi connectivity index (χ3v) is 4.45. The highest BCUT2D eigenvalue weighted by molar-refractivity contribution is 5.43. The highest BCUT2D eigenvalue weighted by Gasteiger charge is 2.35. The Morgan fingerprint density at radius 1 is 1.13 bits per heavy atom. The first-order valence-electron chi connectivity index (χ1n) is 7.97. The topological polar surface area (TPSA) is 83.4 Å². The number of nitrogens with zero attached hydrogens (tertiary/aromatic N) is 2. The SMILES string of the molecule is COc1ccc(Cc2noc(C3(N)CCCCC3)n2)cc1OC. The van der Waals surface area contributed by atoms with Gasteiger partial charge in [0.25, 0.3) is 0 Å². The molecule has 124 valence electrons. The van der Waals surface area contributed by atoms with Gasteiger partial charge in [-0.3, -0.25) is 0 Å². The van der Waals surface area contributed by atoms with Gasteiger partial charge >= 0.3 is 0 Å². The first kappa shape index (κ1) is 15.8. The van der Waals surface area contributed by atoms with E-state index in [0.717, 1.165) is 31.2 Å². The van der Waals surface area contributed by atoms with Crippen molar-refractivity contribution in [1.82, 2.24) is 10.1 Å². The first-order chi connectivity index (χ1) is 11.1. The molecule has 23 heavy (non-hydrogen) atoms. The number of nitrogens with two attached hydrogens (primary N) is 1. The summed E-state index contributed by atoms with van der Waals surface area (Å²) in [5.41, 5.74) is 7.01. The van der Waals surface area contributed by atoms with Crippen LogP contribution in [0.1, 0.15) is 49.4 Å². The van der Waals surface area contributed by atoms with Crippen molar-refractivity contribution in [3.05, 3.63) is 35.5 Å². The van der Waals surface area contributed by atoms with E-state index in [-0.39, 0.29) is 0 Å². The van der Waals surface area contributed by atoms with Crippen molar-refractivity contribution in [2.45, 2.75) is 44.1 Å². The van der Waals surface area contributed by atoms with E-state index >= 15 is 0 Å². The molecule has 0 aliphatic heterocycles. The second-order valence-corrected chi connectivity index (χ2v) is 6.10. The van der Waals surface area contributed by atoms with Gasteiger partial charge in [0.05, 0.1) is 19.8 Å². The minimum absolute atomic E-state index is 0.457. The summed E-state index contributed by atoms with van der Waals surface area (Å²) in [4.78, 5) is 4.52. The molecule has 1 aromatic carbocycles. The Kier molecular flexibility index (Phi) is 4.52. The summed E-state index contributed by atoms with van der Waals surface area (Å²) >= 11 is 0. The maximum Gasteiger partial charge on any atom is 0.246 e. The second-order valence-electron chi connectivity index (χ2n) is 6.10. The van der Waals surface area contributed by atoms with Crippen LogP contribution in [0.2, 0.25) is 0 Å². The summed E-state index contributed by atoms with van der Waals surface area (Å²) < 4.78 is 16.0. The third kappa shape index (κ3) is 3.32. The van der Waals surface area contributed by atoms with Crippen LogP contribution in [-0.2, 0) is 12.0 Å². The number of ether oxygens (including phenoxy) is 2. The molecule has 0 amide bonds. The lowest BCUT2D eigenvalue weighted by atomic mass is 9.82. The van der Waals surface area contributed by atoms with E-state index in [1.165, 1.54) is 6.42 Å². The third-order valence-electron chi connectivity index (χ3n) is 4.45. The lowest BCUT2D eigenvalue weighted by Crippen LogP contribution is -2.39. The van der Waals surface area contributed by atoms with Crippen molar-refractivity contribution in [2.75, 3.05) is 14.2 Å². The molecular formula is C17H23N3O3. The Balaban J connectivity index is 1.76. The Morgan fingerprint density at radius 2 is 1.87 bits per heavy atom. The molecule has 0 spiro atoms. The maximum atomic E-state index is 6.44. The van der Waals surface area contributed by atoms with Gasteiger partial charge in [0.1, 0.15) is 0 Å². The number of benzene rings is 1. The molecule has 2 N–H and O–H groups in total. The molecular weight excluding hydrogens is 294 g/mol. The molecule has 2 aromatic rings. The number of hydrogen-bond acceptors (Lipinski definition) is 6. The van der Waals surface area contributed by atoms with Crippen LogP contribution < -0.4 is 15.2 Å². The summed E-state index contributed by atoms with van der Waals surface area (Å²) in [6.45, 7) is 0. The largest absolute Gasteiger partial charge is 0.493 e. The van der Waals surface area contributed by atoms with Crippen LogP contribution in [0.25, 0.3) is 0 Å². The molecule has 0 radical (unpaired) electrons. The average Bonchev–Trinajstić information content (AvgIpc) is 3.05. The second kappa shape index (κ2) is 6.58. The first-order valence-corrected chi connectivity index (χ1v) is 7.97. The Labute approximate surface area is 136 Å². The van der Waals surface area contributed by atoms with E-state index in [1.54, 1.807) is 14.2 Å². The van der Waals surface area contributed by atoms with Crippen LogP contribution in [0.5, 0.6) is 11.5 Å². The zero-order valence-corrected chi connectivity index (χ0v) is 13.7. The summed E-state index contributed by atoms with van der Waals surface area (Å²) in [5.74, 6) is 2.60. The fourth-order valence-corrected chi connectivity index (χ4v) is 3.10. The van der Waals surface area contributed by atoms with Crippen molar-refractivity contribution in [3.63, 3.8) is 0 Å². The van der Waals surface area contributed by atoms with E-state index in [4.69, 9.17) is 19.7 Å². The van der Waals surface area contributed by atoms with Crippen molar-refractivity contribution < 1.29 is 14.0 Å². The van der Waals surface area contributed by atoms with Crippen molar-refractivity contribution >= 4 is 0 Å². The van der Waals surface area contributed by atoms with Crippen LogP contribution in [0, 0.1) is 0 Å². The molecule has 0 unspecified atom stereocenters. The number of hydrogen-bond donors (Lipinski definition) is 1. The normalized spacial score (nSPS) is 17.0. The predicted octanol–water partition coefficient (Wildman–Crippen LogP) is 2.80. The average molecular weight is 317 g/mol. The number of aromatic nitrogens is 2. The van der Waals surface area contributed by atoms with E-state index in [0.29, 0.717) is 29.6 Å². The summed E-state index contributed by atoms with van der Waals surface area (Å²) in [7, 11) is 3.24. The molecule has 0 saturated heterocycles. The van der Waals surface area contributed by atoms with Crippen LogP contribution in [-0.4, -0.2) is 24.4 Å². The van der Waals surface area contributed by atoms with Gasteiger partial charge in [0, 0.05) is 6.42 Å². The quantitative estimate of drug-likeness (QED) is 0.913. The van der Waals surface area contributed by atoms with Gasteiger partial charge in [0.2, 0.25) is 5.89 Å². The van der Waals surface area contributed by atoms with Gasteiger partial charge in [-0.1, -0.05) is 30.5 Å². The van der Waals surface area contributed by atoms with E-state index < -0.39 is 5.54 Å². The summed E-state index contributed by atoms with van der Waals surface area (Å²) in [5, 5.41) is 4.09. The molecule has 1 fully saturated rings. The predicted molar refractivity (Wildman–Crippen MR) is 85.6 cm³/mol. The van der Waals surface area contributed by atoms with Gasteiger partial charge in [-0.15, -0.1) is 0 Å². The fourth-order valence-electron chi connectivity index (χ4n) is 3.10. The number of rotatable bonds is 5.